The van der Waals surface area contributed by atoms with Crippen LogP contribution in [0.2, 0.25) is 0 Å². The maximum Gasteiger partial charge on any atom is 0.119 e. The summed E-state index contributed by atoms with van der Waals surface area (Å²) in [5, 5.41) is 9.99. The molecule has 17 heavy (non-hydrogen) atoms. The van der Waals surface area contributed by atoms with Crippen molar-refractivity contribution in [2.75, 3.05) is 7.11 Å². The number of aromatic nitrogens is 2. The molecule has 1 atom stereocenters. The molecule has 6 heteroatoms. The van der Waals surface area contributed by atoms with E-state index in [0.717, 1.165) is 27.5 Å². The van der Waals surface area contributed by atoms with E-state index in [2.05, 4.69) is 24.7 Å². The molecule has 1 unspecified atom stereocenters. The standard InChI is InChI=1S/C11H11BrN2O2S/c1-16-8-2-3-9(12)7(4-8)5-11(15)10-6-13-17-14-10/h2-4,6,11,15H,5H2,1H3. The van der Waals surface area contributed by atoms with Gasteiger partial charge in [-0.15, -0.1) is 0 Å². The Hall–Kier alpha value is -0.980. The van der Waals surface area contributed by atoms with E-state index < -0.39 is 6.10 Å². The van der Waals surface area contributed by atoms with E-state index in [1.165, 1.54) is 0 Å². The number of hydrogen-bond donors (Lipinski definition) is 1. The van der Waals surface area contributed by atoms with E-state index in [0.29, 0.717) is 12.1 Å². The summed E-state index contributed by atoms with van der Waals surface area (Å²) in [6.07, 6.45) is 1.42. The Morgan fingerprint density at radius 2 is 2.35 bits per heavy atom. The van der Waals surface area contributed by atoms with Crippen LogP contribution in [0.3, 0.4) is 0 Å². The predicted octanol–water partition coefficient (Wildman–Crippen LogP) is 2.59. The minimum absolute atomic E-state index is 0.475. The number of hydrogen-bond acceptors (Lipinski definition) is 5. The first-order chi connectivity index (χ1) is 8.20. The average molecular weight is 315 g/mol. The van der Waals surface area contributed by atoms with E-state index in [9.17, 15) is 5.11 Å². The molecule has 0 saturated carbocycles. The third kappa shape index (κ3) is 3.02. The van der Waals surface area contributed by atoms with Crippen LogP contribution in [0.1, 0.15) is 17.4 Å². The maximum absolute atomic E-state index is 9.99. The molecule has 0 bridgehead atoms. The second kappa shape index (κ2) is 5.57. The van der Waals surface area contributed by atoms with Gasteiger partial charge in [-0.2, -0.15) is 8.75 Å². The van der Waals surface area contributed by atoms with Gasteiger partial charge in [-0.3, -0.25) is 0 Å². The summed E-state index contributed by atoms with van der Waals surface area (Å²) in [7, 11) is 1.62. The third-order valence-electron chi connectivity index (χ3n) is 2.39. The zero-order chi connectivity index (χ0) is 12.3. The van der Waals surface area contributed by atoms with Crippen LogP contribution in [0.25, 0.3) is 0 Å². The van der Waals surface area contributed by atoms with E-state index in [4.69, 9.17) is 4.74 Å². The summed E-state index contributed by atoms with van der Waals surface area (Å²) in [6, 6.07) is 5.66. The van der Waals surface area contributed by atoms with E-state index in [1.54, 1.807) is 13.3 Å². The molecule has 2 aromatic rings. The second-order valence-electron chi connectivity index (χ2n) is 3.51. The van der Waals surface area contributed by atoms with Crippen molar-refractivity contribution in [2.24, 2.45) is 0 Å². The molecular formula is C11H11BrN2O2S. The van der Waals surface area contributed by atoms with Crippen LogP contribution in [-0.4, -0.2) is 21.0 Å². The Bertz CT molecular complexity index is 490. The Balaban J connectivity index is 2.18. The van der Waals surface area contributed by atoms with Gasteiger partial charge < -0.3 is 9.84 Å². The van der Waals surface area contributed by atoms with Gasteiger partial charge in [0.25, 0.3) is 0 Å². The lowest BCUT2D eigenvalue weighted by atomic mass is 10.1. The molecule has 0 fully saturated rings. The molecule has 2 rings (SSSR count). The molecule has 1 N–H and O–H groups in total. The maximum atomic E-state index is 9.99. The second-order valence-corrected chi connectivity index (χ2v) is 4.92. The molecule has 0 aliphatic heterocycles. The summed E-state index contributed by atoms with van der Waals surface area (Å²) in [5.74, 6) is 0.770. The molecular weight excluding hydrogens is 304 g/mol. The fourth-order valence-electron chi connectivity index (χ4n) is 1.47. The molecule has 0 aliphatic carbocycles. The summed E-state index contributed by atoms with van der Waals surface area (Å²) >= 11 is 4.55. The minimum Gasteiger partial charge on any atom is -0.497 e. The van der Waals surface area contributed by atoms with E-state index >= 15 is 0 Å². The van der Waals surface area contributed by atoms with Crippen molar-refractivity contribution in [3.8, 4) is 5.75 Å². The van der Waals surface area contributed by atoms with Crippen LogP contribution >= 0.6 is 27.7 Å². The normalized spacial score (nSPS) is 12.4. The first kappa shape index (κ1) is 12.5. The van der Waals surface area contributed by atoms with Crippen LogP contribution in [0.5, 0.6) is 5.75 Å². The van der Waals surface area contributed by atoms with Crippen LogP contribution in [0.4, 0.5) is 0 Å². The Morgan fingerprint density at radius 3 is 3.00 bits per heavy atom. The van der Waals surface area contributed by atoms with Crippen molar-refractivity contribution in [3.05, 3.63) is 40.1 Å². The molecule has 90 valence electrons. The Morgan fingerprint density at radius 1 is 1.53 bits per heavy atom. The highest BCUT2D eigenvalue weighted by Crippen LogP contribution is 2.26. The molecule has 1 aromatic carbocycles. The van der Waals surface area contributed by atoms with Gasteiger partial charge in [-0.1, -0.05) is 15.9 Å². The number of methoxy groups -OCH3 is 1. The highest BCUT2D eigenvalue weighted by Gasteiger charge is 2.13. The topological polar surface area (TPSA) is 55.2 Å². The number of aliphatic hydroxyl groups excluding tert-OH is 1. The fourth-order valence-corrected chi connectivity index (χ4v) is 2.34. The molecule has 0 amide bonds. The van der Waals surface area contributed by atoms with Crippen molar-refractivity contribution >= 4 is 27.7 Å². The summed E-state index contributed by atoms with van der Waals surface area (Å²) < 4.78 is 14.0. The van der Waals surface area contributed by atoms with Crippen LogP contribution in [0, 0.1) is 0 Å². The number of aliphatic hydroxyl groups is 1. The smallest absolute Gasteiger partial charge is 0.119 e. The number of halogens is 1. The highest BCUT2D eigenvalue weighted by atomic mass is 79.9. The average Bonchev–Trinajstić information content (AvgIpc) is 2.85. The zero-order valence-corrected chi connectivity index (χ0v) is 11.5. The van der Waals surface area contributed by atoms with Crippen molar-refractivity contribution in [3.63, 3.8) is 0 Å². The molecule has 0 saturated heterocycles. The quantitative estimate of drug-likeness (QED) is 0.942. The van der Waals surface area contributed by atoms with Gasteiger partial charge in [0.1, 0.15) is 17.5 Å². The minimum atomic E-state index is -0.642. The highest BCUT2D eigenvalue weighted by molar-refractivity contribution is 9.10. The van der Waals surface area contributed by atoms with Gasteiger partial charge in [0.15, 0.2) is 0 Å². The van der Waals surface area contributed by atoms with Crippen molar-refractivity contribution in [1.29, 1.82) is 0 Å². The molecule has 1 aromatic heterocycles. The van der Waals surface area contributed by atoms with Gasteiger partial charge >= 0.3 is 0 Å². The van der Waals surface area contributed by atoms with Gasteiger partial charge in [0.2, 0.25) is 0 Å². The largest absolute Gasteiger partial charge is 0.497 e. The first-order valence-corrected chi connectivity index (χ1v) is 6.51. The van der Waals surface area contributed by atoms with Gasteiger partial charge in [0, 0.05) is 10.9 Å². The van der Waals surface area contributed by atoms with Crippen LogP contribution < -0.4 is 4.74 Å². The fraction of sp³-hybridized carbons (Fsp3) is 0.273. The Labute approximate surface area is 112 Å². The lowest BCUT2D eigenvalue weighted by Crippen LogP contribution is -2.03. The SMILES string of the molecule is COc1ccc(Br)c(CC(O)c2cnsn2)c1. The lowest BCUT2D eigenvalue weighted by Gasteiger charge is -2.10. The van der Waals surface area contributed by atoms with E-state index in [-0.39, 0.29) is 0 Å². The summed E-state index contributed by atoms with van der Waals surface area (Å²) in [5.41, 5.74) is 1.58. The molecule has 0 radical (unpaired) electrons. The third-order valence-corrected chi connectivity index (χ3v) is 3.65. The predicted molar refractivity (Wildman–Crippen MR) is 69.3 cm³/mol. The van der Waals surface area contributed by atoms with Crippen LogP contribution in [-0.2, 0) is 6.42 Å². The summed E-state index contributed by atoms with van der Waals surface area (Å²) in [4.78, 5) is 0. The molecule has 0 spiro atoms. The van der Waals surface area contributed by atoms with Gasteiger partial charge in [0.05, 0.1) is 25.0 Å². The monoisotopic (exact) mass is 314 g/mol. The first-order valence-electron chi connectivity index (χ1n) is 4.98. The van der Waals surface area contributed by atoms with Crippen molar-refractivity contribution in [2.45, 2.75) is 12.5 Å². The molecule has 0 aliphatic rings. The van der Waals surface area contributed by atoms with Crippen LogP contribution in [0.15, 0.2) is 28.9 Å². The molecule has 1 heterocycles. The number of rotatable bonds is 4. The van der Waals surface area contributed by atoms with Gasteiger partial charge in [-0.05, 0) is 23.8 Å². The number of ether oxygens (including phenoxy) is 1. The van der Waals surface area contributed by atoms with Gasteiger partial charge in [-0.25, -0.2) is 0 Å². The number of nitrogens with zero attached hydrogens (tertiary/aromatic N) is 2. The Kier molecular flexibility index (Phi) is 4.09. The molecule has 4 nitrogen and oxygen atoms in total. The van der Waals surface area contributed by atoms with E-state index in [1.807, 2.05) is 18.2 Å². The number of benzene rings is 1. The van der Waals surface area contributed by atoms with Crippen molar-refractivity contribution < 1.29 is 9.84 Å². The zero-order valence-electron chi connectivity index (χ0n) is 9.13. The summed E-state index contributed by atoms with van der Waals surface area (Å²) in [6.45, 7) is 0. The lowest BCUT2D eigenvalue weighted by molar-refractivity contribution is 0.174. The van der Waals surface area contributed by atoms with Crippen molar-refractivity contribution in [1.82, 2.24) is 8.75 Å².